The topological polar surface area (TPSA) is 25.8 Å². The summed E-state index contributed by atoms with van der Waals surface area (Å²) in [5.74, 6) is 0.456. The Hall–Kier alpha value is -0.440. The van der Waals surface area contributed by atoms with Crippen molar-refractivity contribution < 1.29 is 0 Å². The van der Waals surface area contributed by atoms with Crippen LogP contribution in [0.5, 0.6) is 0 Å². The quantitative estimate of drug-likeness (QED) is 0.696. The molecule has 0 N–H and O–H groups in total. The molecule has 0 unspecified atom stereocenters. The predicted molar refractivity (Wildman–Crippen MR) is 43.8 cm³/mol. The highest BCUT2D eigenvalue weighted by atomic mass is 79.9. The van der Waals surface area contributed by atoms with Gasteiger partial charge in [0.15, 0.2) is 0 Å². The maximum absolute atomic E-state index is 4.12. The van der Waals surface area contributed by atoms with Crippen LogP contribution in [0.3, 0.4) is 0 Å². The molecule has 0 saturated heterocycles. The highest BCUT2D eigenvalue weighted by Gasteiger charge is 2.03. The van der Waals surface area contributed by atoms with Gasteiger partial charge in [-0.3, -0.25) is 0 Å². The van der Waals surface area contributed by atoms with Crippen LogP contribution < -0.4 is 0 Å². The normalized spacial score (nSPS) is 10.4. The van der Waals surface area contributed by atoms with E-state index in [-0.39, 0.29) is 0 Å². The molecule has 1 rings (SSSR count). The van der Waals surface area contributed by atoms with Gasteiger partial charge in [-0.2, -0.15) is 0 Å². The molecule has 1 aromatic rings. The molecule has 0 aliphatic carbocycles. The van der Waals surface area contributed by atoms with Crippen molar-refractivity contribution in [3.8, 4) is 0 Å². The third-order valence-electron chi connectivity index (χ3n) is 1.24. The Labute approximate surface area is 68.8 Å². The second kappa shape index (κ2) is 3.10. The first kappa shape index (κ1) is 7.66. The number of rotatable bonds is 1. The van der Waals surface area contributed by atoms with E-state index < -0.39 is 0 Å². The molecule has 3 heteroatoms. The molecular formula is C7H9BrN2. The van der Waals surface area contributed by atoms with E-state index in [4.69, 9.17) is 0 Å². The second-order valence-electron chi connectivity index (χ2n) is 2.41. The van der Waals surface area contributed by atoms with Gasteiger partial charge in [-0.15, -0.1) is 0 Å². The maximum Gasteiger partial charge on any atom is 0.115 e. The smallest absolute Gasteiger partial charge is 0.115 e. The van der Waals surface area contributed by atoms with Crippen molar-refractivity contribution in [2.24, 2.45) is 0 Å². The summed E-state index contributed by atoms with van der Waals surface area (Å²) in [6.07, 6.45) is 3.34. The summed E-state index contributed by atoms with van der Waals surface area (Å²) in [5.41, 5.74) is 1.06. The fourth-order valence-corrected chi connectivity index (χ4v) is 1.43. The molecule has 0 aliphatic heterocycles. The maximum atomic E-state index is 4.12. The molecule has 1 heterocycles. The Morgan fingerprint density at radius 1 is 1.50 bits per heavy atom. The van der Waals surface area contributed by atoms with Gasteiger partial charge in [0.05, 0.1) is 10.2 Å². The van der Waals surface area contributed by atoms with Crippen molar-refractivity contribution in [3.63, 3.8) is 0 Å². The summed E-state index contributed by atoms with van der Waals surface area (Å²) in [5, 5.41) is 0. The first-order valence-corrected chi connectivity index (χ1v) is 3.96. The number of hydrogen-bond donors (Lipinski definition) is 0. The summed E-state index contributed by atoms with van der Waals surface area (Å²) in [6, 6.07) is 0. The molecule has 0 bridgehead atoms. The van der Waals surface area contributed by atoms with E-state index in [0.29, 0.717) is 5.92 Å². The van der Waals surface area contributed by atoms with Crippen LogP contribution in [0.1, 0.15) is 25.5 Å². The van der Waals surface area contributed by atoms with E-state index in [2.05, 4.69) is 39.7 Å². The van der Waals surface area contributed by atoms with Crippen LogP contribution in [-0.2, 0) is 0 Å². The van der Waals surface area contributed by atoms with E-state index in [1.54, 1.807) is 12.5 Å². The summed E-state index contributed by atoms with van der Waals surface area (Å²) in [6.45, 7) is 4.21. The van der Waals surface area contributed by atoms with Crippen molar-refractivity contribution in [3.05, 3.63) is 22.7 Å². The van der Waals surface area contributed by atoms with Gasteiger partial charge in [-0.05, 0) is 21.8 Å². The minimum atomic E-state index is 0.456. The lowest BCUT2D eigenvalue weighted by Crippen LogP contribution is -1.93. The van der Waals surface area contributed by atoms with Gasteiger partial charge in [-0.25, -0.2) is 9.97 Å². The third-order valence-corrected chi connectivity index (χ3v) is 1.85. The zero-order chi connectivity index (χ0) is 7.56. The molecule has 0 aliphatic rings. The molecule has 54 valence electrons. The lowest BCUT2D eigenvalue weighted by molar-refractivity contribution is 0.806. The third kappa shape index (κ3) is 1.53. The molecule has 0 radical (unpaired) electrons. The second-order valence-corrected chi connectivity index (χ2v) is 3.26. The molecule has 1 aromatic heterocycles. The summed E-state index contributed by atoms with van der Waals surface area (Å²) >= 11 is 3.37. The van der Waals surface area contributed by atoms with Gasteiger partial charge in [0.25, 0.3) is 0 Å². The lowest BCUT2D eigenvalue weighted by atomic mass is 10.1. The molecular weight excluding hydrogens is 192 g/mol. The van der Waals surface area contributed by atoms with E-state index in [1.165, 1.54) is 0 Å². The van der Waals surface area contributed by atoms with Gasteiger partial charge in [-0.1, -0.05) is 13.8 Å². The highest BCUT2D eigenvalue weighted by molar-refractivity contribution is 9.10. The highest BCUT2D eigenvalue weighted by Crippen LogP contribution is 2.19. The van der Waals surface area contributed by atoms with Crippen molar-refractivity contribution in [2.75, 3.05) is 0 Å². The van der Waals surface area contributed by atoms with E-state index in [9.17, 15) is 0 Å². The number of nitrogens with zero attached hydrogens (tertiary/aromatic N) is 2. The Bertz CT molecular complexity index is 223. The first-order chi connectivity index (χ1) is 4.72. The van der Waals surface area contributed by atoms with Gasteiger partial charge in [0.2, 0.25) is 0 Å². The lowest BCUT2D eigenvalue weighted by Gasteiger charge is -2.03. The van der Waals surface area contributed by atoms with Gasteiger partial charge in [0.1, 0.15) is 6.33 Å². The predicted octanol–water partition coefficient (Wildman–Crippen LogP) is 2.36. The van der Waals surface area contributed by atoms with Gasteiger partial charge in [0, 0.05) is 6.20 Å². The van der Waals surface area contributed by atoms with E-state index in [0.717, 1.165) is 10.2 Å². The van der Waals surface area contributed by atoms with Gasteiger partial charge < -0.3 is 0 Å². The van der Waals surface area contributed by atoms with Crippen molar-refractivity contribution in [2.45, 2.75) is 19.8 Å². The average molecular weight is 201 g/mol. The van der Waals surface area contributed by atoms with Crippen LogP contribution in [0.25, 0.3) is 0 Å². The summed E-state index contributed by atoms with van der Waals surface area (Å²) in [7, 11) is 0. The van der Waals surface area contributed by atoms with Gasteiger partial charge >= 0.3 is 0 Å². The van der Waals surface area contributed by atoms with E-state index >= 15 is 0 Å². The average Bonchev–Trinajstić information content (AvgIpc) is 1.88. The summed E-state index contributed by atoms with van der Waals surface area (Å²) in [4.78, 5) is 7.99. The summed E-state index contributed by atoms with van der Waals surface area (Å²) < 4.78 is 0.991. The Morgan fingerprint density at radius 2 is 2.20 bits per heavy atom. The SMILES string of the molecule is CC(C)c1ncncc1Br. The molecule has 0 atom stereocenters. The fourth-order valence-electron chi connectivity index (χ4n) is 0.747. The Kier molecular flexibility index (Phi) is 2.38. The number of hydrogen-bond acceptors (Lipinski definition) is 2. The minimum absolute atomic E-state index is 0.456. The van der Waals surface area contributed by atoms with Crippen LogP contribution in [0.2, 0.25) is 0 Å². The monoisotopic (exact) mass is 200 g/mol. The molecule has 0 spiro atoms. The van der Waals surface area contributed by atoms with Crippen LogP contribution in [-0.4, -0.2) is 9.97 Å². The van der Waals surface area contributed by atoms with Crippen LogP contribution in [0, 0.1) is 0 Å². The van der Waals surface area contributed by atoms with Crippen LogP contribution >= 0.6 is 15.9 Å². The zero-order valence-corrected chi connectivity index (χ0v) is 7.59. The Morgan fingerprint density at radius 3 is 2.60 bits per heavy atom. The number of aromatic nitrogens is 2. The van der Waals surface area contributed by atoms with Crippen LogP contribution in [0.15, 0.2) is 17.0 Å². The Balaban J connectivity index is 3.03. The molecule has 0 aromatic carbocycles. The standard InChI is InChI=1S/C7H9BrN2/c1-5(2)7-6(8)3-9-4-10-7/h3-5H,1-2H3. The molecule has 10 heavy (non-hydrogen) atoms. The first-order valence-electron chi connectivity index (χ1n) is 3.17. The molecule has 0 amide bonds. The fraction of sp³-hybridized carbons (Fsp3) is 0.429. The molecule has 2 nitrogen and oxygen atoms in total. The zero-order valence-electron chi connectivity index (χ0n) is 6.00. The van der Waals surface area contributed by atoms with Crippen molar-refractivity contribution >= 4 is 15.9 Å². The van der Waals surface area contributed by atoms with E-state index in [1.807, 2.05) is 0 Å². The van der Waals surface area contributed by atoms with Crippen molar-refractivity contribution in [1.82, 2.24) is 9.97 Å². The largest absolute Gasteiger partial charge is 0.244 e. The van der Waals surface area contributed by atoms with Crippen LogP contribution in [0.4, 0.5) is 0 Å². The molecule has 0 fully saturated rings. The van der Waals surface area contributed by atoms with Crippen molar-refractivity contribution in [1.29, 1.82) is 0 Å². The number of halogens is 1. The molecule has 0 saturated carbocycles. The minimum Gasteiger partial charge on any atom is -0.244 e.